The van der Waals surface area contributed by atoms with Crippen molar-refractivity contribution in [3.63, 3.8) is 0 Å². The Morgan fingerprint density at radius 1 is 1.11 bits per heavy atom. The van der Waals surface area contributed by atoms with Crippen molar-refractivity contribution in [1.82, 2.24) is 19.2 Å². The molecule has 1 saturated carbocycles. The van der Waals surface area contributed by atoms with Crippen molar-refractivity contribution >= 4 is 40.6 Å². The van der Waals surface area contributed by atoms with Crippen LogP contribution in [0.4, 0.5) is 11.4 Å². The predicted octanol–water partition coefficient (Wildman–Crippen LogP) is 5.07. The molecular formula is C34H47N9O2. The lowest BCUT2D eigenvalue weighted by atomic mass is 10.0. The second-order valence-electron chi connectivity index (χ2n) is 12.5. The summed E-state index contributed by atoms with van der Waals surface area (Å²) in [5.74, 6) is 0.595. The number of nitrogens with one attached hydrogen (secondary N) is 4. The molecule has 1 aliphatic carbocycles. The minimum atomic E-state index is -0.309. The average molecular weight is 614 g/mol. The van der Waals surface area contributed by atoms with Crippen LogP contribution in [0.25, 0.3) is 5.65 Å². The van der Waals surface area contributed by atoms with E-state index in [1.807, 2.05) is 50.4 Å². The van der Waals surface area contributed by atoms with E-state index >= 15 is 0 Å². The lowest BCUT2D eigenvalue weighted by molar-refractivity contribution is 0.0971. The first-order valence-electron chi connectivity index (χ1n) is 16.1. The molecule has 11 heteroatoms. The van der Waals surface area contributed by atoms with Crippen LogP contribution < -0.4 is 15.4 Å². The topological polar surface area (TPSA) is 134 Å². The molecule has 1 aromatic carbocycles. The SMILES string of the molecule is CC(C)N=CCC(=N)CNc1cccc(NC(=O)c2cnc3cc(OCCN4CCN(C(C)C)CC4)ccn23)c1C(=N)C1CC1. The molecule has 0 radical (unpaired) electrons. The molecule has 240 valence electrons. The summed E-state index contributed by atoms with van der Waals surface area (Å²) in [4.78, 5) is 27.3. The van der Waals surface area contributed by atoms with Gasteiger partial charge in [-0.1, -0.05) is 6.07 Å². The molecule has 3 heterocycles. The molecule has 11 nitrogen and oxygen atoms in total. The number of amides is 1. The zero-order valence-electron chi connectivity index (χ0n) is 27.0. The summed E-state index contributed by atoms with van der Waals surface area (Å²) < 4.78 is 7.80. The van der Waals surface area contributed by atoms with Crippen LogP contribution >= 0.6 is 0 Å². The van der Waals surface area contributed by atoms with Gasteiger partial charge in [0.1, 0.15) is 23.7 Å². The van der Waals surface area contributed by atoms with Crippen LogP contribution in [0.2, 0.25) is 0 Å². The largest absolute Gasteiger partial charge is 0.492 e. The third-order valence-electron chi connectivity index (χ3n) is 8.33. The van der Waals surface area contributed by atoms with E-state index in [-0.39, 0.29) is 17.9 Å². The molecule has 3 aromatic rings. The Hall–Kier alpha value is -4.09. The Balaban J connectivity index is 1.22. The average Bonchev–Trinajstić information content (AvgIpc) is 3.79. The first-order chi connectivity index (χ1) is 21.7. The molecule has 45 heavy (non-hydrogen) atoms. The quantitative estimate of drug-likeness (QED) is 0.177. The Labute approximate surface area is 266 Å². The van der Waals surface area contributed by atoms with Gasteiger partial charge in [0, 0.05) is 98.3 Å². The number of hydrogen-bond acceptors (Lipinski definition) is 9. The molecule has 0 atom stereocenters. The van der Waals surface area contributed by atoms with E-state index < -0.39 is 0 Å². The Kier molecular flexibility index (Phi) is 10.6. The normalized spacial score (nSPS) is 16.1. The summed E-state index contributed by atoms with van der Waals surface area (Å²) in [7, 11) is 0. The van der Waals surface area contributed by atoms with Gasteiger partial charge in [-0.25, -0.2) is 4.98 Å². The van der Waals surface area contributed by atoms with E-state index in [1.165, 1.54) is 0 Å². The Bertz CT molecular complexity index is 1530. The van der Waals surface area contributed by atoms with Gasteiger partial charge in [-0.05, 0) is 58.7 Å². The number of benzene rings is 1. The van der Waals surface area contributed by atoms with Crippen molar-refractivity contribution in [3.8, 4) is 5.75 Å². The van der Waals surface area contributed by atoms with Gasteiger partial charge >= 0.3 is 0 Å². The molecule has 0 unspecified atom stereocenters. The fourth-order valence-corrected chi connectivity index (χ4v) is 5.52. The number of piperazine rings is 1. The Morgan fingerprint density at radius 3 is 2.58 bits per heavy atom. The van der Waals surface area contributed by atoms with Gasteiger partial charge in [-0.2, -0.15) is 0 Å². The highest BCUT2D eigenvalue weighted by Crippen LogP contribution is 2.37. The molecule has 2 aliphatic rings. The van der Waals surface area contributed by atoms with Gasteiger partial charge in [0.15, 0.2) is 0 Å². The monoisotopic (exact) mass is 613 g/mol. The van der Waals surface area contributed by atoms with Crippen LogP contribution in [0.15, 0.2) is 47.7 Å². The zero-order chi connectivity index (χ0) is 31.9. The highest BCUT2D eigenvalue weighted by atomic mass is 16.5. The summed E-state index contributed by atoms with van der Waals surface area (Å²) in [6.07, 6.45) is 7.56. The fraction of sp³-hybridized carbons (Fsp3) is 0.500. The van der Waals surface area contributed by atoms with Crippen LogP contribution in [0.3, 0.4) is 0 Å². The van der Waals surface area contributed by atoms with Crippen molar-refractivity contribution in [2.45, 2.75) is 59.0 Å². The zero-order valence-corrected chi connectivity index (χ0v) is 27.0. The van der Waals surface area contributed by atoms with E-state index in [1.54, 1.807) is 16.8 Å². The molecule has 0 bridgehead atoms. The number of anilines is 2. The van der Waals surface area contributed by atoms with Gasteiger partial charge < -0.3 is 26.2 Å². The summed E-state index contributed by atoms with van der Waals surface area (Å²) in [6, 6.07) is 10.1. The van der Waals surface area contributed by atoms with Gasteiger partial charge in [0.25, 0.3) is 5.91 Å². The summed E-state index contributed by atoms with van der Waals surface area (Å²) >= 11 is 0. The highest BCUT2D eigenvalue weighted by molar-refractivity contribution is 6.14. The molecule has 1 amide bonds. The fourth-order valence-electron chi connectivity index (χ4n) is 5.52. The lowest BCUT2D eigenvalue weighted by Crippen LogP contribution is -2.49. The molecular weight excluding hydrogens is 566 g/mol. The van der Waals surface area contributed by atoms with E-state index in [0.717, 1.165) is 57.0 Å². The second-order valence-corrected chi connectivity index (χ2v) is 12.5. The standard InChI is InChI=1S/C34H47N9O2/c1-23(2)37-12-10-26(35)21-38-28-6-5-7-29(32(28)33(36)25-8-9-25)40-34(44)30-22-39-31-20-27(11-13-43(30)31)45-19-18-41-14-16-42(17-15-41)24(3)4/h5-7,11-13,20,22-25,35-36,38H,8-10,14-19,21H2,1-4H3,(H,40,44). The van der Waals surface area contributed by atoms with Crippen LogP contribution in [-0.2, 0) is 0 Å². The molecule has 2 aromatic heterocycles. The van der Waals surface area contributed by atoms with Crippen molar-refractivity contribution in [1.29, 1.82) is 10.8 Å². The van der Waals surface area contributed by atoms with Crippen molar-refractivity contribution in [3.05, 3.63) is 54.0 Å². The Morgan fingerprint density at radius 2 is 1.87 bits per heavy atom. The van der Waals surface area contributed by atoms with Crippen molar-refractivity contribution in [2.24, 2.45) is 10.9 Å². The number of hydrogen-bond donors (Lipinski definition) is 4. The molecule has 2 fully saturated rings. The van der Waals surface area contributed by atoms with E-state index in [4.69, 9.17) is 15.6 Å². The van der Waals surface area contributed by atoms with Gasteiger partial charge in [-0.3, -0.25) is 24.0 Å². The molecule has 0 spiro atoms. The number of rotatable bonds is 15. The van der Waals surface area contributed by atoms with E-state index in [2.05, 4.69) is 44.3 Å². The smallest absolute Gasteiger partial charge is 0.274 e. The lowest BCUT2D eigenvalue weighted by Gasteiger charge is -2.36. The number of carbonyl (C=O) groups excluding carboxylic acids is 1. The van der Waals surface area contributed by atoms with Crippen molar-refractivity contribution < 1.29 is 9.53 Å². The number of carbonyl (C=O) groups is 1. The van der Waals surface area contributed by atoms with Gasteiger partial charge in [0.2, 0.25) is 0 Å². The number of fused-ring (bicyclic) bond motifs is 1. The molecule has 1 aliphatic heterocycles. The maximum atomic E-state index is 13.5. The second kappa shape index (κ2) is 14.8. The summed E-state index contributed by atoms with van der Waals surface area (Å²) in [5.41, 5.74) is 4.00. The number of aliphatic imine (C=N–C) groups is 1. The van der Waals surface area contributed by atoms with Crippen LogP contribution in [0.5, 0.6) is 5.75 Å². The van der Waals surface area contributed by atoms with Crippen LogP contribution in [-0.4, -0.2) is 101 Å². The number of aromatic nitrogens is 2. The van der Waals surface area contributed by atoms with Crippen molar-refractivity contribution in [2.75, 3.05) is 56.5 Å². The third kappa shape index (κ3) is 8.55. The first-order valence-corrected chi connectivity index (χ1v) is 16.1. The number of ether oxygens (including phenoxy) is 1. The van der Waals surface area contributed by atoms with Crippen LogP contribution in [0, 0.1) is 16.7 Å². The van der Waals surface area contributed by atoms with E-state index in [9.17, 15) is 4.79 Å². The number of imidazole rings is 1. The van der Waals surface area contributed by atoms with Gasteiger partial charge in [-0.15, -0.1) is 0 Å². The minimum Gasteiger partial charge on any atom is -0.492 e. The van der Waals surface area contributed by atoms with E-state index in [0.29, 0.717) is 59.6 Å². The maximum Gasteiger partial charge on any atom is 0.274 e. The molecule has 1 saturated heterocycles. The summed E-state index contributed by atoms with van der Waals surface area (Å²) in [6.45, 7) is 14.6. The van der Waals surface area contributed by atoms with Crippen LogP contribution in [0.1, 0.15) is 63.0 Å². The van der Waals surface area contributed by atoms with Gasteiger partial charge in [0.05, 0.1) is 18.4 Å². The first kappa shape index (κ1) is 32.3. The highest BCUT2D eigenvalue weighted by Gasteiger charge is 2.31. The minimum absolute atomic E-state index is 0.181. The third-order valence-corrected chi connectivity index (χ3v) is 8.33. The maximum absolute atomic E-state index is 13.5. The molecule has 4 N–H and O–H groups in total. The number of pyridine rings is 1. The predicted molar refractivity (Wildman–Crippen MR) is 182 cm³/mol. The molecule has 5 rings (SSSR count). The summed E-state index contributed by atoms with van der Waals surface area (Å²) in [5, 5.41) is 23.6. The number of nitrogens with zero attached hydrogens (tertiary/aromatic N) is 5.